The van der Waals surface area contributed by atoms with E-state index < -0.39 is 10.0 Å². The summed E-state index contributed by atoms with van der Waals surface area (Å²) in [4.78, 5) is 9.16. The molecule has 3 rings (SSSR count). The minimum absolute atomic E-state index is 0.0403. The van der Waals surface area contributed by atoms with Crippen LogP contribution in [0.2, 0.25) is 0 Å². The standard InChI is InChI=1S/C20H33N5O2S/c1-2-21-20(22-11-16-28(26,27)23-17-18-7-6-8-18)25-14-12-24(13-15-25)19-9-4-3-5-10-19/h3-5,9-10,18,23H,2,6-8,11-17H2,1H3,(H,21,22). The second-order valence-electron chi connectivity index (χ2n) is 7.51. The number of sulfonamides is 1. The van der Waals surface area contributed by atoms with Crippen LogP contribution in [-0.2, 0) is 10.0 Å². The van der Waals surface area contributed by atoms with Crippen LogP contribution in [0, 0.1) is 5.92 Å². The van der Waals surface area contributed by atoms with E-state index in [1.165, 1.54) is 12.1 Å². The average Bonchev–Trinajstić information content (AvgIpc) is 2.67. The third-order valence-electron chi connectivity index (χ3n) is 5.47. The highest BCUT2D eigenvalue weighted by atomic mass is 32.2. The molecule has 1 saturated carbocycles. The summed E-state index contributed by atoms with van der Waals surface area (Å²) < 4.78 is 27.1. The molecule has 2 fully saturated rings. The number of hydrogen-bond acceptors (Lipinski definition) is 4. The van der Waals surface area contributed by atoms with Crippen molar-refractivity contribution in [3.8, 4) is 0 Å². The maximum absolute atomic E-state index is 12.2. The van der Waals surface area contributed by atoms with Gasteiger partial charge in [0.15, 0.2) is 5.96 Å². The van der Waals surface area contributed by atoms with Crippen molar-refractivity contribution in [1.29, 1.82) is 0 Å². The van der Waals surface area contributed by atoms with Gasteiger partial charge in [0, 0.05) is 45.0 Å². The number of aliphatic imine (C=N–C) groups is 1. The quantitative estimate of drug-likeness (QED) is 0.504. The highest BCUT2D eigenvalue weighted by molar-refractivity contribution is 7.89. The second kappa shape index (κ2) is 10.1. The molecule has 0 unspecified atom stereocenters. The molecule has 0 atom stereocenters. The van der Waals surface area contributed by atoms with Crippen LogP contribution in [0.5, 0.6) is 0 Å². The van der Waals surface area contributed by atoms with Crippen LogP contribution < -0.4 is 14.9 Å². The summed E-state index contributed by atoms with van der Waals surface area (Å²) in [5, 5.41) is 3.30. The molecule has 0 aromatic heterocycles. The van der Waals surface area contributed by atoms with Crippen LogP contribution in [0.3, 0.4) is 0 Å². The fourth-order valence-electron chi connectivity index (χ4n) is 3.53. The van der Waals surface area contributed by atoms with Gasteiger partial charge in [-0.1, -0.05) is 24.6 Å². The van der Waals surface area contributed by atoms with Crippen LogP contribution >= 0.6 is 0 Å². The van der Waals surface area contributed by atoms with E-state index in [-0.39, 0.29) is 12.3 Å². The predicted molar refractivity (Wildman–Crippen MR) is 115 cm³/mol. The van der Waals surface area contributed by atoms with Gasteiger partial charge in [0.05, 0.1) is 12.3 Å². The Balaban J connectivity index is 1.48. The van der Waals surface area contributed by atoms with E-state index in [9.17, 15) is 8.42 Å². The maximum atomic E-state index is 12.2. The lowest BCUT2D eigenvalue weighted by molar-refractivity contribution is 0.316. The van der Waals surface area contributed by atoms with Gasteiger partial charge in [-0.2, -0.15) is 0 Å². The van der Waals surface area contributed by atoms with E-state index in [4.69, 9.17) is 0 Å². The fourth-order valence-corrected chi connectivity index (χ4v) is 4.49. The van der Waals surface area contributed by atoms with E-state index in [1.54, 1.807) is 0 Å². The summed E-state index contributed by atoms with van der Waals surface area (Å²) in [6.07, 6.45) is 3.50. The van der Waals surface area contributed by atoms with Gasteiger partial charge in [-0.3, -0.25) is 4.99 Å². The number of rotatable bonds is 8. The molecule has 1 heterocycles. The van der Waals surface area contributed by atoms with Gasteiger partial charge in [-0.05, 0) is 37.8 Å². The number of guanidine groups is 1. The topological polar surface area (TPSA) is 77.0 Å². The van der Waals surface area contributed by atoms with Gasteiger partial charge >= 0.3 is 0 Å². The molecule has 0 radical (unpaired) electrons. The Hall–Kier alpha value is -1.80. The molecule has 1 saturated heterocycles. The maximum Gasteiger partial charge on any atom is 0.213 e. The number of hydrogen-bond donors (Lipinski definition) is 2. The molecule has 0 spiro atoms. The molecule has 2 N–H and O–H groups in total. The number of anilines is 1. The number of nitrogens with one attached hydrogen (secondary N) is 2. The lowest BCUT2D eigenvalue weighted by Gasteiger charge is -2.37. The normalized spacial score (nSPS) is 18.8. The molecule has 1 aromatic carbocycles. The SMILES string of the molecule is CCNC(=NCCS(=O)(=O)NCC1CCC1)N1CCN(c2ccccc2)CC1. The molecule has 1 aliphatic carbocycles. The molecule has 0 bridgehead atoms. The number of piperazine rings is 1. The molecule has 7 nitrogen and oxygen atoms in total. The highest BCUT2D eigenvalue weighted by Gasteiger charge is 2.21. The third kappa shape index (κ3) is 6.10. The van der Waals surface area contributed by atoms with Crippen LogP contribution in [0.4, 0.5) is 5.69 Å². The first-order chi connectivity index (χ1) is 13.6. The molecular weight excluding hydrogens is 374 g/mol. The summed E-state index contributed by atoms with van der Waals surface area (Å²) in [5.74, 6) is 1.37. The number of nitrogens with zero attached hydrogens (tertiary/aromatic N) is 3. The highest BCUT2D eigenvalue weighted by Crippen LogP contribution is 2.25. The van der Waals surface area contributed by atoms with Crippen LogP contribution in [0.25, 0.3) is 0 Å². The van der Waals surface area contributed by atoms with E-state index in [1.807, 2.05) is 13.0 Å². The largest absolute Gasteiger partial charge is 0.368 e. The lowest BCUT2D eigenvalue weighted by atomic mass is 9.86. The first kappa shape index (κ1) is 20.9. The monoisotopic (exact) mass is 407 g/mol. The van der Waals surface area contributed by atoms with Crippen molar-refractivity contribution in [3.63, 3.8) is 0 Å². The Labute approximate surface area is 169 Å². The zero-order valence-corrected chi connectivity index (χ0v) is 17.6. The van der Waals surface area contributed by atoms with Gasteiger partial charge in [-0.15, -0.1) is 0 Å². The summed E-state index contributed by atoms with van der Waals surface area (Å²) in [7, 11) is -3.25. The van der Waals surface area contributed by atoms with Crippen molar-refractivity contribution in [2.45, 2.75) is 26.2 Å². The molecule has 2 aliphatic rings. The van der Waals surface area contributed by atoms with Gasteiger partial charge in [0.25, 0.3) is 0 Å². The minimum atomic E-state index is -3.25. The Morgan fingerprint density at radius 2 is 1.86 bits per heavy atom. The Morgan fingerprint density at radius 1 is 1.14 bits per heavy atom. The molecule has 156 valence electrons. The van der Waals surface area contributed by atoms with Crippen molar-refractivity contribution in [3.05, 3.63) is 30.3 Å². The Kier molecular flexibility index (Phi) is 7.56. The summed E-state index contributed by atoms with van der Waals surface area (Å²) in [6.45, 7) is 7.25. The van der Waals surface area contributed by atoms with E-state index in [0.717, 1.165) is 51.5 Å². The van der Waals surface area contributed by atoms with Gasteiger partial charge in [-0.25, -0.2) is 13.1 Å². The summed E-state index contributed by atoms with van der Waals surface area (Å²) in [6, 6.07) is 10.4. The first-order valence-electron chi connectivity index (χ1n) is 10.4. The Morgan fingerprint density at radius 3 is 2.46 bits per heavy atom. The second-order valence-corrected chi connectivity index (χ2v) is 9.44. The van der Waals surface area contributed by atoms with E-state index >= 15 is 0 Å². The van der Waals surface area contributed by atoms with Crippen molar-refractivity contribution >= 4 is 21.7 Å². The van der Waals surface area contributed by atoms with Crippen molar-refractivity contribution in [2.75, 3.05) is 56.5 Å². The molecular formula is C20H33N5O2S. The molecule has 8 heteroatoms. The average molecular weight is 408 g/mol. The molecule has 1 aromatic rings. The van der Waals surface area contributed by atoms with Crippen molar-refractivity contribution < 1.29 is 8.42 Å². The number of benzene rings is 1. The minimum Gasteiger partial charge on any atom is -0.368 e. The lowest BCUT2D eigenvalue weighted by Crippen LogP contribution is -2.52. The number of para-hydroxylation sites is 1. The van der Waals surface area contributed by atoms with Gasteiger partial charge < -0.3 is 15.1 Å². The third-order valence-corrected chi connectivity index (χ3v) is 6.80. The summed E-state index contributed by atoms with van der Waals surface area (Å²) >= 11 is 0. The van der Waals surface area contributed by atoms with Crippen LogP contribution in [-0.4, -0.2) is 70.8 Å². The van der Waals surface area contributed by atoms with Gasteiger partial charge in [0.1, 0.15) is 0 Å². The van der Waals surface area contributed by atoms with Crippen molar-refractivity contribution in [1.82, 2.24) is 14.9 Å². The van der Waals surface area contributed by atoms with Crippen LogP contribution in [0.1, 0.15) is 26.2 Å². The molecule has 0 amide bonds. The predicted octanol–water partition coefficient (Wildman–Crippen LogP) is 1.49. The Bertz CT molecular complexity index is 726. The fraction of sp³-hybridized carbons (Fsp3) is 0.650. The van der Waals surface area contributed by atoms with Crippen molar-refractivity contribution in [2.24, 2.45) is 10.9 Å². The van der Waals surface area contributed by atoms with E-state index in [0.29, 0.717) is 12.5 Å². The van der Waals surface area contributed by atoms with E-state index in [2.05, 4.69) is 49.1 Å². The molecule has 28 heavy (non-hydrogen) atoms. The van der Waals surface area contributed by atoms with Gasteiger partial charge in [0.2, 0.25) is 10.0 Å². The van der Waals surface area contributed by atoms with Crippen LogP contribution in [0.15, 0.2) is 35.3 Å². The zero-order chi connectivity index (χ0) is 19.8. The zero-order valence-electron chi connectivity index (χ0n) is 16.8. The first-order valence-corrected chi connectivity index (χ1v) is 12.0. The smallest absolute Gasteiger partial charge is 0.213 e. The summed E-state index contributed by atoms with van der Waals surface area (Å²) in [5.41, 5.74) is 1.24. The molecule has 1 aliphatic heterocycles.